The lowest BCUT2D eigenvalue weighted by Crippen LogP contribution is -2.13. The number of nitrogens with one attached hydrogen (secondary N) is 1. The van der Waals surface area contributed by atoms with Gasteiger partial charge in [-0.25, -0.2) is 4.98 Å². The van der Waals surface area contributed by atoms with Crippen molar-refractivity contribution < 1.29 is 9.53 Å². The van der Waals surface area contributed by atoms with Crippen LogP contribution in [0.4, 0.5) is 5.69 Å². The molecule has 0 saturated carbocycles. The number of hydrogen-bond donors (Lipinski definition) is 1. The molecule has 0 unspecified atom stereocenters. The number of nitrogens with zero attached hydrogens (tertiary/aromatic N) is 1. The number of hydrogen-bond acceptors (Lipinski definition) is 3. The third kappa shape index (κ3) is 3.07. The minimum atomic E-state index is -0.271. The van der Waals surface area contributed by atoms with Crippen LogP contribution in [0.15, 0.2) is 46.9 Å². The molecule has 0 aliphatic carbocycles. The average Bonchev–Trinajstić information content (AvgIpc) is 2.39. The Balaban J connectivity index is 2.16. The zero-order valence-electron chi connectivity index (χ0n) is 9.68. The molecule has 0 bridgehead atoms. The molecule has 2 rings (SSSR count). The Labute approximate surface area is 113 Å². The summed E-state index contributed by atoms with van der Waals surface area (Å²) in [4.78, 5) is 16.0. The highest BCUT2D eigenvalue weighted by atomic mass is 79.9. The fraction of sp³-hybridized carbons (Fsp3) is 0.0769. The van der Waals surface area contributed by atoms with Crippen LogP contribution in [0.2, 0.25) is 0 Å². The molecule has 4 nitrogen and oxygen atoms in total. The molecular formula is C13H11BrN2O2. The predicted molar refractivity (Wildman–Crippen MR) is 72.9 cm³/mol. The minimum Gasteiger partial charge on any atom is -0.481 e. The zero-order chi connectivity index (χ0) is 13.0. The summed E-state index contributed by atoms with van der Waals surface area (Å²) < 4.78 is 5.88. The van der Waals surface area contributed by atoms with Crippen molar-refractivity contribution >= 4 is 27.5 Å². The van der Waals surface area contributed by atoms with Crippen molar-refractivity contribution in [2.75, 3.05) is 12.4 Å². The van der Waals surface area contributed by atoms with Gasteiger partial charge in [-0.2, -0.15) is 0 Å². The van der Waals surface area contributed by atoms with E-state index in [1.807, 2.05) is 24.3 Å². The Hall–Kier alpha value is -1.88. The van der Waals surface area contributed by atoms with E-state index in [0.717, 1.165) is 4.47 Å². The lowest BCUT2D eigenvalue weighted by Gasteiger charge is -2.06. The molecule has 0 spiro atoms. The van der Waals surface area contributed by atoms with Crippen LogP contribution < -0.4 is 10.1 Å². The number of amides is 1. The Bertz CT molecular complexity index is 572. The standard InChI is InChI=1S/C13H11BrN2O2/c1-18-12-7-3-6-11(16-12)13(17)15-10-5-2-4-9(14)8-10/h2-8H,1H3,(H,15,17). The van der Waals surface area contributed by atoms with Crippen LogP contribution in [0.25, 0.3) is 0 Å². The highest BCUT2D eigenvalue weighted by Crippen LogP contribution is 2.16. The van der Waals surface area contributed by atoms with Gasteiger partial charge in [-0.15, -0.1) is 0 Å². The third-order valence-electron chi connectivity index (χ3n) is 2.25. The van der Waals surface area contributed by atoms with Gasteiger partial charge in [-0.1, -0.05) is 28.1 Å². The Morgan fingerprint density at radius 1 is 1.28 bits per heavy atom. The van der Waals surface area contributed by atoms with Crippen molar-refractivity contribution in [2.45, 2.75) is 0 Å². The van der Waals surface area contributed by atoms with Crippen molar-refractivity contribution in [2.24, 2.45) is 0 Å². The highest BCUT2D eigenvalue weighted by molar-refractivity contribution is 9.10. The fourth-order valence-corrected chi connectivity index (χ4v) is 1.82. The number of methoxy groups -OCH3 is 1. The number of halogens is 1. The van der Waals surface area contributed by atoms with Crippen molar-refractivity contribution in [1.82, 2.24) is 4.98 Å². The van der Waals surface area contributed by atoms with E-state index in [9.17, 15) is 4.79 Å². The number of carbonyl (C=O) groups is 1. The van der Waals surface area contributed by atoms with Crippen LogP contribution in [0.1, 0.15) is 10.5 Å². The first kappa shape index (κ1) is 12.6. The monoisotopic (exact) mass is 306 g/mol. The normalized spacial score (nSPS) is 9.89. The van der Waals surface area contributed by atoms with E-state index in [2.05, 4.69) is 26.2 Å². The van der Waals surface area contributed by atoms with Gasteiger partial charge in [-0.05, 0) is 24.3 Å². The van der Waals surface area contributed by atoms with Crippen LogP contribution in [0.3, 0.4) is 0 Å². The van der Waals surface area contributed by atoms with Crippen molar-refractivity contribution in [3.63, 3.8) is 0 Å². The number of rotatable bonds is 3. The summed E-state index contributed by atoms with van der Waals surface area (Å²) in [6.45, 7) is 0. The molecule has 0 aliphatic heterocycles. The van der Waals surface area contributed by atoms with Gasteiger partial charge >= 0.3 is 0 Å². The van der Waals surface area contributed by atoms with Crippen LogP contribution in [0, 0.1) is 0 Å². The number of ether oxygens (including phenoxy) is 1. The topological polar surface area (TPSA) is 51.2 Å². The number of benzene rings is 1. The Kier molecular flexibility index (Phi) is 3.94. The van der Waals surface area contributed by atoms with Gasteiger partial charge in [0.1, 0.15) is 5.69 Å². The van der Waals surface area contributed by atoms with Crippen LogP contribution >= 0.6 is 15.9 Å². The Morgan fingerprint density at radius 3 is 2.78 bits per heavy atom. The summed E-state index contributed by atoms with van der Waals surface area (Å²) in [6, 6.07) is 12.4. The second-order valence-corrected chi connectivity index (χ2v) is 4.45. The SMILES string of the molecule is COc1cccc(C(=O)Nc2cccc(Br)c2)n1. The van der Waals surface area contributed by atoms with Crippen molar-refractivity contribution in [1.29, 1.82) is 0 Å². The number of anilines is 1. The zero-order valence-corrected chi connectivity index (χ0v) is 11.3. The maximum absolute atomic E-state index is 11.9. The maximum Gasteiger partial charge on any atom is 0.274 e. The van der Waals surface area contributed by atoms with Gasteiger partial charge in [0.25, 0.3) is 5.91 Å². The molecule has 1 aromatic heterocycles. The predicted octanol–water partition coefficient (Wildman–Crippen LogP) is 3.11. The molecule has 5 heteroatoms. The van der Waals surface area contributed by atoms with Crippen LogP contribution in [0.5, 0.6) is 5.88 Å². The summed E-state index contributed by atoms with van der Waals surface area (Å²) in [5.74, 6) is 0.142. The van der Waals surface area contributed by atoms with E-state index in [1.165, 1.54) is 7.11 Å². The molecule has 2 aromatic rings. The molecule has 0 aliphatic rings. The molecule has 1 aromatic carbocycles. The van der Waals surface area contributed by atoms with Crippen LogP contribution in [-0.2, 0) is 0 Å². The van der Waals surface area contributed by atoms with Crippen molar-refractivity contribution in [3.05, 3.63) is 52.6 Å². The van der Waals surface area contributed by atoms with Gasteiger partial charge < -0.3 is 10.1 Å². The fourth-order valence-electron chi connectivity index (χ4n) is 1.42. The highest BCUT2D eigenvalue weighted by Gasteiger charge is 2.08. The number of aromatic nitrogens is 1. The summed E-state index contributed by atoms with van der Waals surface area (Å²) in [7, 11) is 1.51. The van der Waals surface area contributed by atoms with Gasteiger partial charge in [0, 0.05) is 16.2 Å². The first-order valence-corrected chi connectivity index (χ1v) is 6.06. The van der Waals surface area contributed by atoms with E-state index in [4.69, 9.17) is 4.74 Å². The van der Waals surface area contributed by atoms with Gasteiger partial charge in [0.2, 0.25) is 5.88 Å². The van der Waals surface area contributed by atoms with E-state index in [1.54, 1.807) is 18.2 Å². The van der Waals surface area contributed by atoms with E-state index in [0.29, 0.717) is 17.3 Å². The second-order valence-electron chi connectivity index (χ2n) is 3.53. The van der Waals surface area contributed by atoms with Crippen LogP contribution in [-0.4, -0.2) is 18.0 Å². The summed E-state index contributed by atoms with van der Waals surface area (Å²) >= 11 is 3.34. The molecular weight excluding hydrogens is 296 g/mol. The van der Waals surface area contributed by atoms with E-state index < -0.39 is 0 Å². The largest absolute Gasteiger partial charge is 0.481 e. The summed E-state index contributed by atoms with van der Waals surface area (Å²) in [5.41, 5.74) is 1.02. The summed E-state index contributed by atoms with van der Waals surface area (Å²) in [6.07, 6.45) is 0. The second kappa shape index (κ2) is 5.64. The first-order chi connectivity index (χ1) is 8.69. The van der Waals surface area contributed by atoms with E-state index in [-0.39, 0.29) is 5.91 Å². The lowest BCUT2D eigenvalue weighted by molar-refractivity contribution is 0.102. The van der Waals surface area contributed by atoms with Gasteiger partial charge in [0.05, 0.1) is 7.11 Å². The van der Waals surface area contributed by atoms with E-state index >= 15 is 0 Å². The maximum atomic E-state index is 11.9. The molecule has 0 saturated heterocycles. The molecule has 1 amide bonds. The molecule has 1 N–H and O–H groups in total. The van der Waals surface area contributed by atoms with Gasteiger partial charge in [0.15, 0.2) is 0 Å². The minimum absolute atomic E-state index is 0.271. The van der Waals surface area contributed by atoms with Gasteiger partial charge in [-0.3, -0.25) is 4.79 Å². The van der Waals surface area contributed by atoms with Crippen molar-refractivity contribution in [3.8, 4) is 5.88 Å². The molecule has 0 atom stereocenters. The first-order valence-electron chi connectivity index (χ1n) is 5.27. The molecule has 18 heavy (non-hydrogen) atoms. The quantitative estimate of drug-likeness (QED) is 0.948. The average molecular weight is 307 g/mol. The number of pyridine rings is 1. The molecule has 0 fully saturated rings. The summed E-state index contributed by atoms with van der Waals surface area (Å²) in [5, 5.41) is 2.76. The molecule has 92 valence electrons. The Morgan fingerprint density at radius 2 is 2.06 bits per heavy atom. The smallest absolute Gasteiger partial charge is 0.274 e. The third-order valence-corrected chi connectivity index (χ3v) is 2.74. The molecule has 1 heterocycles. The lowest BCUT2D eigenvalue weighted by atomic mass is 10.3. The number of carbonyl (C=O) groups excluding carboxylic acids is 1. The molecule has 0 radical (unpaired) electrons.